The molecule has 0 aliphatic carbocycles. The highest BCUT2D eigenvalue weighted by Crippen LogP contribution is 2.31. The van der Waals surface area contributed by atoms with E-state index in [-0.39, 0.29) is 5.82 Å². The Morgan fingerprint density at radius 3 is 2.78 bits per heavy atom. The van der Waals surface area contributed by atoms with Crippen molar-refractivity contribution in [3.8, 4) is 11.5 Å². The van der Waals surface area contributed by atoms with E-state index in [4.69, 9.17) is 8.83 Å². The lowest BCUT2D eigenvalue weighted by atomic mass is 10.2. The fourth-order valence-electron chi connectivity index (χ4n) is 2.40. The van der Waals surface area contributed by atoms with Crippen LogP contribution in [0, 0.1) is 19.7 Å². The number of hydrogen-bond acceptors (Lipinski definition) is 9. The normalized spacial score (nSPS) is 11.1. The molecule has 0 atom stereocenters. The van der Waals surface area contributed by atoms with Crippen molar-refractivity contribution in [1.82, 2.24) is 20.4 Å². The number of furan rings is 1. The number of halogens is 1. The van der Waals surface area contributed by atoms with Gasteiger partial charge in [0.05, 0.1) is 11.3 Å². The third-order valence-electron chi connectivity index (χ3n) is 3.54. The van der Waals surface area contributed by atoms with Crippen LogP contribution in [0.5, 0.6) is 0 Å². The third kappa shape index (κ3) is 4.17. The van der Waals surface area contributed by atoms with Crippen LogP contribution < -0.4 is 5.32 Å². The molecule has 4 rings (SSSR count). The highest BCUT2D eigenvalue weighted by molar-refractivity contribution is 8.00. The van der Waals surface area contributed by atoms with Crippen LogP contribution in [-0.2, 0) is 5.75 Å². The lowest BCUT2D eigenvalue weighted by molar-refractivity contribution is 0.499. The molecule has 0 fully saturated rings. The van der Waals surface area contributed by atoms with E-state index in [0.717, 1.165) is 21.4 Å². The standard InChI is InChI=1S/C17H14FN5O2S2/c1-9-6-13(10(2)24-9)15-21-20-14(25-15)8-26-17-23-22-16(27-17)19-12-5-3-4-11(18)7-12/h3-7H,8H2,1-2H3,(H,19,22). The summed E-state index contributed by atoms with van der Waals surface area (Å²) in [4.78, 5) is 0. The molecule has 0 aliphatic rings. The third-order valence-corrected chi connectivity index (χ3v) is 5.50. The predicted octanol–water partition coefficient (Wildman–Crippen LogP) is 4.97. The Morgan fingerprint density at radius 1 is 1.11 bits per heavy atom. The number of aryl methyl sites for hydroxylation is 2. The molecule has 138 valence electrons. The first-order valence-corrected chi connectivity index (χ1v) is 9.76. The molecule has 10 heteroatoms. The molecule has 27 heavy (non-hydrogen) atoms. The van der Waals surface area contributed by atoms with Gasteiger partial charge in [0.15, 0.2) is 4.34 Å². The second-order valence-electron chi connectivity index (χ2n) is 5.63. The van der Waals surface area contributed by atoms with Gasteiger partial charge < -0.3 is 14.2 Å². The Balaban J connectivity index is 1.38. The zero-order valence-corrected chi connectivity index (χ0v) is 16.0. The minimum Gasteiger partial charge on any atom is -0.466 e. The quantitative estimate of drug-likeness (QED) is 0.451. The predicted molar refractivity (Wildman–Crippen MR) is 101 cm³/mol. The van der Waals surface area contributed by atoms with Crippen molar-refractivity contribution in [2.24, 2.45) is 0 Å². The summed E-state index contributed by atoms with van der Waals surface area (Å²) in [6, 6.07) is 8.04. The summed E-state index contributed by atoms with van der Waals surface area (Å²) in [5.74, 6) is 2.62. The number of nitrogens with one attached hydrogen (secondary N) is 1. The minimum absolute atomic E-state index is 0.311. The van der Waals surface area contributed by atoms with Gasteiger partial charge in [-0.3, -0.25) is 0 Å². The van der Waals surface area contributed by atoms with Crippen LogP contribution in [0.3, 0.4) is 0 Å². The summed E-state index contributed by atoms with van der Waals surface area (Å²) in [6.07, 6.45) is 0. The monoisotopic (exact) mass is 403 g/mol. The molecule has 0 aliphatic heterocycles. The van der Waals surface area contributed by atoms with Gasteiger partial charge in [-0.2, -0.15) is 0 Å². The van der Waals surface area contributed by atoms with Crippen LogP contribution in [0.2, 0.25) is 0 Å². The van der Waals surface area contributed by atoms with Crippen LogP contribution in [0.15, 0.2) is 43.5 Å². The van der Waals surface area contributed by atoms with Crippen molar-refractivity contribution in [3.05, 3.63) is 53.6 Å². The second kappa shape index (κ2) is 7.49. The van der Waals surface area contributed by atoms with Crippen molar-refractivity contribution in [3.63, 3.8) is 0 Å². The van der Waals surface area contributed by atoms with Crippen LogP contribution in [0.4, 0.5) is 15.2 Å². The fraction of sp³-hybridized carbons (Fsp3) is 0.176. The molecular formula is C17H14FN5O2S2. The van der Waals surface area contributed by atoms with Gasteiger partial charge >= 0.3 is 0 Å². The van der Waals surface area contributed by atoms with E-state index in [1.54, 1.807) is 12.1 Å². The minimum atomic E-state index is -0.311. The highest BCUT2D eigenvalue weighted by Gasteiger charge is 2.15. The highest BCUT2D eigenvalue weighted by atomic mass is 32.2. The van der Waals surface area contributed by atoms with E-state index >= 15 is 0 Å². The summed E-state index contributed by atoms with van der Waals surface area (Å²) in [7, 11) is 0. The van der Waals surface area contributed by atoms with Gasteiger partial charge in [0.1, 0.15) is 17.3 Å². The molecule has 4 aromatic rings. The van der Waals surface area contributed by atoms with Crippen LogP contribution in [0.25, 0.3) is 11.5 Å². The number of anilines is 2. The van der Waals surface area contributed by atoms with Gasteiger partial charge in [-0.1, -0.05) is 29.2 Å². The van der Waals surface area contributed by atoms with Crippen molar-refractivity contribution in [2.45, 2.75) is 23.9 Å². The molecule has 7 nitrogen and oxygen atoms in total. The summed E-state index contributed by atoms with van der Waals surface area (Å²) in [6.45, 7) is 3.73. The number of hydrogen-bond donors (Lipinski definition) is 1. The Bertz CT molecular complexity index is 1070. The van der Waals surface area contributed by atoms with Gasteiger partial charge in [-0.15, -0.1) is 20.4 Å². The van der Waals surface area contributed by atoms with Gasteiger partial charge in [-0.25, -0.2) is 4.39 Å². The SMILES string of the molecule is Cc1cc(-c2nnc(CSc3nnc(Nc4cccc(F)c4)s3)o2)c(C)o1. The Morgan fingerprint density at radius 2 is 2.00 bits per heavy atom. The average molecular weight is 403 g/mol. The molecule has 0 unspecified atom stereocenters. The molecule has 0 saturated heterocycles. The molecule has 0 spiro atoms. The average Bonchev–Trinajstić information content (AvgIpc) is 3.33. The van der Waals surface area contributed by atoms with Crippen LogP contribution >= 0.6 is 23.1 Å². The van der Waals surface area contributed by atoms with Gasteiger partial charge in [-0.05, 0) is 38.1 Å². The zero-order valence-electron chi connectivity index (χ0n) is 14.4. The number of rotatable bonds is 6. The largest absolute Gasteiger partial charge is 0.466 e. The first-order valence-electron chi connectivity index (χ1n) is 7.95. The second-order valence-corrected chi connectivity index (χ2v) is 7.82. The van der Waals surface area contributed by atoms with Crippen molar-refractivity contribution < 1.29 is 13.2 Å². The molecule has 0 radical (unpaired) electrons. The Hall–Kier alpha value is -2.72. The number of aromatic nitrogens is 4. The number of benzene rings is 1. The summed E-state index contributed by atoms with van der Waals surface area (Å²) < 4.78 is 25.2. The lowest BCUT2D eigenvalue weighted by Crippen LogP contribution is -1.89. The summed E-state index contributed by atoms with van der Waals surface area (Å²) in [5.41, 5.74) is 1.42. The molecular weight excluding hydrogens is 389 g/mol. The topological polar surface area (TPSA) is 89.9 Å². The molecule has 0 amide bonds. The summed E-state index contributed by atoms with van der Waals surface area (Å²) in [5, 5.41) is 19.9. The number of thioether (sulfide) groups is 1. The molecule has 3 aromatic heterocycles. The van der Waals surface area contributed by atoms with Crippen molar-refractivity contribution in [1.29, 1.82) is 0 Å². The van der Waals surface area contributed by atoms with E-state index in [0.29, 0.717) is 28.4 Å². The smallest absolute Gasteiger partial charge is 0.251 e. The van der Waals surface area contributed by atoms with E-state index in [9.17, 15) is 4.39 Å². The first kappa shape index (κ1) is 17.7. The maximum Gasteiger partial charge on any atom is 0.251 e. The maximum absolute atomic E-state index is 13.2. The van der Waals surface area contributed by atoms with E-state index in [1.807, 2.05) is 19.9 Å². The van der Waals surface area contributed by atoms with E-state index in [1.165, 1.54) is 35.2 Å². The van der Waals surface area contributed by atoms with E-state index in [2.05, 4.69) is 25.7 Å². The van der Waals surface area contributed by atoms with Crippen LogP contribution in [-0.4, -0.2) is 20.4 Å². The Labute approximate surface area is 162 Å². The Kier molecular flexibility index (Phi) is 4.90. The molecule has 1 N–H and O–H groups in total. The fourth-order valence-corrected chi connectivity index (χ4v) is 4.00. The number of nitrogens with zero attached hydrogens (tertiary/aromatic N) is 4. The first-order chi connectivity index (χ1) is 13.1. The zero-order chi connectivity index (χ0) is 18.8. The molecule has 3 heterocycles. The molecule has 1 aromatic carbocycles. The van der Waals surface area contributed by atoms with E-state index < -0.39 is 0 Å². The van der Waals surface area contributed by atoms with Crippen molar-refractivity contribution >= 4 is 33.9 Å². The van der Waals surface area contributed by atoms with Gasteiger partial charge in [0.2, 0.25) is 11.0 Å². The molecule has 0 saturated carbocycles. The summed E-state index contributed by atoms with van der Waals surface area (Å²) >= 11 is 2.80. The van der Waals surface area contributed by atoms with Gasteiger partial charge in [0.25, 0.3) is 5.89 Å². The van der Waals surface area contributed by atoms with Crippen molar-refractivity contribution in [2.75, 3.05) is 5.32 Å². The van der Waals surface area contributed by atoms with Crippen LogP contribution in [0.1, 0.15) is 17.4 Å². The van der Waals surface area contributed by atoms with Gasteiger partial charge in [0, 0.05) is 5.69 Å². The maximum atomic E-state index is 13.2. The molecule has 0 bridgehead atoms. The lowest BCUT2D eigenvalue weighted by Gasteiger charge is -2.00.